The van der Waals surface area contributed by atoms with E-state index in [1.165, 1.54) is 12.7 Å². The highest BCUT2D eigenvalue weighted by Crippen LogP contribution is 2.25. The van der Waals surface area contributed by atoms with Crippen LogP contribution < -0.4 is 5.32 Å². The first-order valence-corrected chi connectivity index (χ1v) is 10.2. The van der Waals surface area contributed by atoms with Crippen LogP contribution in [0.15, 0.2) is 36.4 Å². The first-order valence-electron chi connectivity index (χ1n) is 10.2. The molecule has 0 atom stereocenters. The Balaban J connectivity index is 1.82. The molecule has 0 radical (unpaired) electrons. The van der Waals surface area contributed by atoms with Crippen LogP contribution in [0.1, 0.15) is 38.3 Å². The van der Waals surface area contributed by atoms with E-state index in [1.54, 1.807) is 0 Å². The van der Waals surface area contributed by atoms with E-state index in [4.69, 9.17) is 9.72 Å². The molecule has 0 aliphatic carbocycles. The van der Waals surface area contributed by atoms with Crippen molar-refractivity contribution in [3.05, 3.63) is 69.9 Å². The highest BCUT2D eigenvalue weighted by molar-refractivity contribution is 5.98. The lowest BCUT2D eigenvalue weighted by Crippen LogP contribution is -2.31. The number of carbonyl (C=O) groups is 2. The first kappa shape index (κ1) is 22.4. The zero-order valence-electron chi connectivity index (χ0n) is 19.0. The van der Waals surface area contributed by atoms with Crippen molar-refractivity contribution in [2.45, 2.75) is 34.2 Å². The van der Waals surface area contributed by atoms with Crippen molar-refractivity contribution in [3.63, 3.8) is 0 Å². The molecule has 1 aromatic heterocycles. The number of hydrogen-bond acceptors (Lipinski definition) is 5. The fraction of sp³-hybridized carbons (Fsp3) is 0.320. The van der Waals surface area contributed by atoms with Gasteiger partial charge in [0, 0.05) is 17.6 Å². The van der Waals surface area contributed by atoms with Crippen LogP contribution >= 0.6 is 0 Å². The van der Waals surface area contributed by atoms with Gasteiger partial charge in [-0.3, -0.25) is 14.7 Å². The standard InChI is InChI=1S/C25H29N3O3/c1-15-11-16(2)24(17(3)12-15)27-22(29)14-28(5)13-21-23(25(30)31-6)18(4)19-9-7-8-10-20(19)26-21/h7-12H,13-14H2,1-6H3,(H,27,29). The Bertz CT molecular complexity index is 1130. The number of benzene rings is 2. The molecule has 1 N–H and O–H groups in total. The van der Waals surface area contributed by atoms with Crippen molar-refractivity contribution >= 4 is 28.5 Å². The molecule has 0 unspecified atom stereocenters. The van der Waals surface area contributed by atoms with Crippen molar-refractivity contribution in [1.29, 1.82) is 0 Å². The number of fused-ring (bicyclic) bond motifs is 1. The van der Waals surface area contributed by atoms with E-state index in [-0.39, 0.29) is 12.5 Å². The van der Waals surface area contributed by atoms with Gasteiger partial charge in [0.2, 0.25) is 5.91 Å². The van der Waals surface area contributed by atoms with Crippen molar-refractivity contribution in [1.82, 2.24) is 9.88 Å². The van der Waals surface area contributed by atoms with Gasteiger partial charge in [-0.15, -0.1) is 0 Å². The molecule has 1 amide bonds. The number of anilines is 1. The number of pyridine rings is 1. The molecule has 0 bridgehead atoms. The van der Waals surface area contributed by atoms with Crippen molar-refractivity contribution in [2.24, 2.45) is 0 Å². The maximum absolute atomic E-state index is 12.7. The van der Waals surface area contributed by atoms with Gasteiger partial charge in [0.15, 0.2) is 0 Å². The number of amides is 1. The van der Waals surface area contributed by atoms with Gasteiger partial charge in [-0.05, 0) is 57.5 Å². The molecule has 3 rings (SSSR count). The van der Waals surface area contributed by atoms with Gasteiger partial charge < -0.3 is 10.1 Å². The maximum Gasteiger partial charge on any atom is 0.340 e. The van der Waals surface area contributed by atoms with E-state index in [0.29, 0.717) is 17.8 Å². The van der Waals surface area contributed by atoms with Crippen LogP contribution in [0.5, 0.6) is 0 Å². The molecule has 6 heteroatoms. The Morgan fingerprint density at radius 2 is 1.71 bits per heavy atom. The molecule has 1 heterocycles. The minimum absolute atomic E-state index is 0.116. The third-order valence-electron chi connectivity index (χ3n) is 5.39. The smallest absolute Gasteiger partial charge is 0.340 e. The monoisotopic (exact) mass is 419 g/mol. The van der Waals surface area contributed by atoms with Crippen LogP contribution in [-0.2, 0) is 16.1 Å². The van der Waals surface area contributed by atoms with Gasteiger partial charge in [-0.25, -0.2) is 4.79 Å². The largest absolute Gasteiger partial charge is 0.465 e. The van der Waals surface area contributed by atoms with Crippen LogP contribution in [0.3, 0.4) is 0 Å². The lowest BCUT2D eigenvalue weighted by atomic mass is 10.0. The van der Waals surface area contributed by atoms with E-state index in [9.17, 15) is 9.59 Å². The number of carbonyl (C=O) groups excluding carboxylic acids is 2. The Labute approximate surface area is 183 Å². The quantitative estimate of drug-likeness (QED) is 0.602. The molecule has 3 aromatic rings. The molecular weight excluding hydrogens is 390 g/mol. The number of aryl methyl sites for hydroxylation is 4. The van der Waals surface area contributed by atoms with Gasteiger partial charge in [0.05, 0.1) is 30.4 Å². The van der Waals surface area contributed by atoms with E-state index in [0.717, 1.165) is 33.3 Å². The fourth-order valence-corrected chi connectivity index (χ4v) is 4.04. The van der Waals surface area contributed by atoms with Crippen LogP contribution in [0.4, 0.5) is 5.69 Å². The van der Waals surface area contributed by atoms with Crippen LogP contribution in [-0.4, -0.2) is 42.5 Å². The lowest BCUT2D eigenvalue weighted by Gasteiger charge is -2.20. The van der Waals surface area contributed by atoms with E-state index < -0.39 is 5.97 Å². The average molecular weight is 420 g/mol. The van der Waals surface area contributed by atoms with Crippen LogP contribution in [0.2, 0.25) is 0 Å². The number of likely N-dealkylation sites (N-methyl/N-ethyl adjacent to an activating group) is 1. The van der Waals surface area contributed by atoms with E-state index in [1.807, 2.05) is 63.9 Å². The summed E-state index contributed by atoms with van der Waals surface area (Å²) in [6, 6.07) is 11.8. The third-order valence-corrected chi connectivity index (χ3v) is 5.39. The molecular formula is C25H29N3O3. The molecule has 0 spiro atoms. The Kier molecular flexibility index (Phi) is 6.71. The van der Waals surface area contributed by atoms with Crippen LogP contribution in [0, 0.1) is 27.7 Å². The topological polar surface area (TPSA) is 71.5 Å². The van der Waals surface area contributed by atoms with E-state index >= 15 is 0 Å². The number of methoxy groups -OCH3 is 1. The van der Waals surface area contributed by atoms with Gasteiger partial charge in [-0.2, -0.15) is 0 Å². The third kappa shape index (κ3) is 4.91. The van der Waals surface area contributed by atoms with Gasteiger partial charge in [0.1, 0.15) is 0 Å². The number of ether oxygens (including phenoxy) is 1. The lowest BCUT2D eigenvalue weighted by molar-refractivity contribution is -0.117. The van der Waals surface area contributed by atoms with Crippen molar-refractivity contribution in [3.8, 4) is 0 Å². The highest BCUT2D eigenvalue weighted by atomic mass is 16.5. The first-order chi connectivity index (χ1) is 14.7. The fourth-order valence-electron chi connectivity index (χ4n) is 4.04. The summed E-state index contributed by atoms with van der Waals surface area (Å²) < 4.78 is 5.01. The van der Waals surface area contributed by atoms with E-state index in [2.05, 4.69) is 17.4 Å². The summed E-state index contributed by atoms with van der Waals surface area (Å²) in [5.41, 5.74) is 6.78. The van der Waals surface area contributed by atoms with Crippen LogP contribution in [0.25, 0.3) is 10.9 Å². The SMILES string of the molecule is COC(=O)c1c(CN(C)CC(=O)Nc2c(C)cc(C)cc2C)nc2ccccc2c1C. The summed E-state index contributed by atoms with van der Waals surface area (Å²) in [7, 11) is 3.20. The Morgan fingerprint density at radius 1 is 1.06 bits per heavy atom. The molecule has 0 fully saturated rings. The summed E-state index contributed by atoms with van der Waals surface area (Å²) in [5, 5.41) is 3.93. The summed E-state index contributed by atoms with van der Waals surface area (Å²) >= 11 is 0. The number of aromatic nitrogens is 1. The second-order valence-corrected chi connectivity index (χ2v) is 8.06. The average Bonchev–Trinajstić information content (AvgIpc) is 2.70. The molecule has 2 aromatic carbocycles. The van der Waals surface area contributed by atoms with Crippen molar-refractivity contribution in [2.75, 3.05) is 26.0 Å². The number of hydrogen-bond donors (Lipinski definition) is 1. The Hall–Kier alpha value is -3.25. The molecule has 0 aliphatic heterocycles. The minimum atomic E-state index is -0.422. The molecule has 0 aliphatic rings. The zero-order valence-corrected chi connectivity index (χ0v) is 19.0. The number of rotatable bonds is 6. The molecule has 31 heavy (non-hydrogen) atoms. The number of nitrogens with one attached hydrogen (secondary N) is 1. The predicted molar refractivity (Wildman–Crippen MR) is 123 cm³/mol. The van der Waals surface area contributed by atoms with Gasteiger partial charge in [0.25, 0.3) is 0 Å². The molecule has 6 nitrogen and oxygen atoms in total. The van der Waals surface area contributed by atoms with Crippen molar-refractivity contribution < 1.29 is 14.3 Å². The summed E-state index contributed by atoms with van der Waals surface area (Å²) in [6.45, 7) is 8.43. The maximum atomic E-state index is 12.7. The van der Waals surface area contributed by atoms with Gasteiger partial charge >= 0.3 is 5.97 Å². The second-order valence-electron chi connectivity index (χ2n) is 8.06. The summed E-state index contributed by atoms with van der Waals surface area (Å²) in [5.74, 6) is -0.538. The zero-order chi connectivity index (χ0) is 22.7. The minimum Gasteiger partial charge on any atom is -0.465 e. The predicted octanol–water partition coefficient (Wildman–Crippen LogP) is 4.33. The van der Waals surface area contributed by atoms with Gasteiger partial charge in [-0.1, -0.05) is 35.9 Å². The number of nitrogens with zero attached hydrogens (tertiary/aromatic N) is 2. The summed E-state index contributed by atoms with van der Waals surface area (Å²) in [6.07, 6.45) is 0. The Morgan fingerprint density at radius 3 is 2.35 bits per heavy atom. The molecule has 0 saturated heterocycles. The number of para-hydroxylation sites is 1. The molecule has 0 saturated carbocycles. The molecule has 162 valence electrons. The highest BCUT2D eigenvalue weighted by Gasteiger charge is 2.21. The number of esters is 1. The normalized spacial score (nSPS) is 11.1. The second kappa shape index (κ2) is 9.27. The summed E-state index contributed by atoms with van der Waals surface area (Å²) in [4.78, 5) is 31.7.